The highest BCUT2D eigenvalue weighted by Gasteiger charge is 2.28. The van der Waals surface area contributed by atoms with Gasteiger partial charge < -0.3 is 4.74 Å². The number of hydrogen-bond acceptors (Lipinski definition) is 2. The van der Waals surface area contributed by atoms with Gasteiger partial charge in [-0.05, 0) is 12.5 Å². The summed E-state index contributed by atoms with van der Waals surface area (Å²) >= 11 is 0. The third kappa shape index (κ3) is 1.55. The number of ether oxygens (including phenoxy) is 1. The molecule has 1 saturated heterocycles. The van der Waals surface area contributed by atoms with Crippen molar-refractivity contribution in [2.24, 2.45) is 0 Å². The molecule has 2 rings (SSSR count). The average molecular weight is 188 g/mol. The van der Waals surface area contributed by atoms with Gasteiger partial charge in [-0.3, -0.25) is 0 Å². The van der Waals surface area contributed by atoms with E-state index in [0.717, 1.165) is 5.56 Å². The van der Waals surface area contributed by atoms with Gasteiger partial charge in [-0.1, -0.05) is 36.4 Å². The van der Waals surface area contributed by atoms with Crippen molar-refractivity contribution in [3.05, 3.63) is 47.5 Å². The third-order valence-electron chi connectivity index (χ3n) is 2.38. The number of benzene rings is 1. The molecule has 0 aromatic heterocycles. The van der Waals surface area contributed by atoms with Crippen LogP contribution in [-0.2, 0) is 9.53 Å². The number of cyclic esters (lactones) is 1. The smallest absolute Gasteiger partial charge is 0.334 e. The molecule has 1 unspecified atom stereocenters. The second kappa shape index (κ2) is 3.29. The number of esters is 1. The van der Waals surface area contributed by atoms with Gasteiger partial charge in [-0.15, -0.1) is 0 Å². The maximum atomic E-state index is 11.1. The Hall–Kier alpha value is -1.57. The molecule has 0 saturated carbocycles. The van der Waals surface area contributed by atoms with E-state index >= 15 is 0 Å². The van der Waals surface area contributed by atoms with Crippen molar-refractivity contribution in [2.75, 3.05) is 0 Å². The molecule has 0 amide bonds. The van der Waals surface area contributed by atoms with Crippen molar-refractivity contribution < 1.29 is 9.53 Å². The molecule has 0 aliphatic carbocycles. The molecule has 72 valence electrons. The summed E-state index contributed by atoms with van der Waals surface area (Å²) in [7, 11) is 0. The summed E-state index contributed by atoms with van der Waals surface area (Å²) in [4.78, 5) is 11.1. The number of hydrogen-bond donors (Lipinski definition) is 0. The maximum absolute atomic E-state index is 11.1. The lowest BCUT2D eigenvalue weighted by Gasteiger charge is -2.08. The molecule has 1 atom stereocenters. The second-order valence-electron chi connectivity index (χ2n) is 3.62. The third-order valence-corrected chi connectivity index (χ3v) is 2.38. The van der Waals surface area contributed by atoms with Gasteiger partial charge in [0, 0.05) is 12.0 Å². The van der Waals surface area contributed by atoms with Crippen LogP contribution in [0.25, 0.3) is 0 Å². The van der Waals surface area contributed by atoms with Crippen molar-refractivity contribution in [3.8, 4) is 0 Å². The first-order valence-corrected chi connectivity index (χ1v) is 4.62. The fourth-order valence-corrected chi connectivity index (χ4v) is 1.62. The number of rotatable bonds is 1. The Labute approximate surface area is 83.2 Å². The van der Waals surface area contributed by atoms with Crippen molar-refractivity contribution in [2.45, 2.75) is 19.4 Å². The summed E-state index contributed by atoms with van der Waals surface area (Å²) in [6.07, 6.45) is 0.484. The Kier molecular flexibility index (Phi) is 2.12. The Balaban J connectivity index is 2.25. The Morgan fingerprint density at radius 1 is 1.50 bits per heavy atom. The van der Waals surface area contributed by atoms with E-state index in [9.17, 15) is 4.79 Å². The Morgan fingerprint density at radius 2 is 2.29 bits per heavy atom. The lowest BCUT2D eigenvalue weighted by Crippen LogP contribution is -1.98. The molecule has 2 nitrogen and oxygen atoms in total. The minimum atomic E-state index is -0.267. The average Bonchev–Trinajstić information content (AvgIpc) is 2.47. The fraction of sp³-hybridized carbons (Fsp3) is 0.250. The number of carbonyl (C=O) groups is 1. The molecule has 1 heterocycles. The molecule has 0 spiro atoms. The minimum Gasteiger partial charge on any atom is -0.454 e. The second-order valence-corrected chi connectivity index (χ2v) is 3.62. The summed E-state index contributed by atoms with van der Waals surface area (Å²) in [5.74, 6) is -0.267. The fourth-order valence-electron chi connectivity index (χ4n) is 1.62. The van der Waals surface area contributed by atoms with Crippen LogP contribution in [0.1, 0.15) is 23.7 Å². The van der Waals surface area contributed by atoms with Crippen LogP contribution >= 0.6 is 0 Å². The van der Waals surface area contributed by atoms with E-state index in [1.807, 2.05) is 31.2 Å². The van der Waals surface area contributed by atoms with E-state index in [1.165, 1.54) is 5.56 Å². The van der Waals surface area contributed by atoms with Crippen LogP contribution in [0.4, 0.5) is 0 Å². The standard InChI is InChI=1S/C12H12O2/c1-8-4-3-5-10(6-8)11-7-9(2)12(13)14-11/h3-6,11H,2,7H2,1H3. The van der Waals surface area contributed by atoms with Crippen LogP contribution in [0.2, 0.25) is 0 Å². The van der Waals surface area contributed by atoms with Crippen LogP contribution in [0.3, 0.4) is 0 Å². The molecule has 14 heavy (non-hydrogen) atoms. The molecule has 1 fully saturated rings. The van der Waals surface area contributed by atoms with Crippen LogP contribution in [0.15, 0.2) is 36.4 Å². The molecule has 1 aliphatic heterocycles. The van der Waals surface area contributed by atoms with Crippen LogP contribution in [-0.4, -0.2) is 5.97 Å². The largest absolute Gasteiger partial charge is 0.454 e. The molecule has 1 aromatic rings. The zero-order valence-electron chi connectivity index (χ0n) is 8.12. The van der Waals surface area contributed by atoms with Crippen molar-refractivity contribution in [1.82, 2.24) is 0 Å². The molecule has 2 heteroatoms. The maximum Gasteiger partial charge on any atom is 0.334 e. The molecule has 0 radical (unpaired) electrons. The normalized spacial score (nSPS) is 21.1. The van der Waals surface area contributed by atoms with Crippen molar-refractivity contribution >= 4 is 5.97 Å². The highest BCUT2D eigenvalue weighted by atomic mass is 16.5. The SMILES string of the molecule is C=C1CC(c2cccc(C)c2)OC1=O. The van der Waals surface area contributed by atoms with Gasteiger partial charge >= 0.3 is 5.97 Å². The molecule has 0 bridgehead atoms. The first-order chi connectivity index (χ1) is 6.66. The monoisotopic (exact) mass is 188 g/mol. The molecule has 1 aromatic carbocycles. The molecular formula is C12H12O2. The Bertz CT molecular complexity index is 377. The lowest BCUT2D eigenvalue weighted by atomic mass is 10.0. The summed E-state index contributed by atoms with van der Waals surface area (Å²) < 4.78 is 5.18. The topological polar surface area (TPSA) is 26.3 Å². The van der Waals surface area contributed by atoms with E-state index in [1.54, 1.807) is 0 Å². The molecule has 1 aliphatic rings. The zero-order valence-corrected chi connectivity index (χ0v) is 8.12. The number of aryl methyl sites for hydroxylation is 1. The predicted octanol–water partition coefficient (Wildman–Crippen LogP) is 2.54. The Morgan fingerprint density at radius 3 is 2.86 bits per heavy atom. The van der Waals surface area contributed by atoms with Gasteiger partial charge in [0.2, 0.25) is 0 Å². The van der Waals surface area contributed by atoms with Gasteiger partial charge in [0.1, 0.15) is 6.10 Å². The van der Waals surface area contributed by atoms with Crippen molar-refractivity contribution in [1.29, 1.82) is 0 Å². The van der Waals surface area contributed by atoms with E-state index in [4.69, 9.17) is 4.74 Å². The van der Waals surface area contributed by atoms with E-state index in [-0.39, 0.29) is 12.1 Å². The summed E-state index contributed by atoms with van der Waals surface area (Å²) in [6.45, 7) is 5.68. The summed E-state index contributed by atoms with van der Waals surface area (Å²) in [5.41, 5.74) is 2.80. The van der Waals surface area contributed by atoms with Gasteiger partial charge in [0.15, 0.2) is 0 Å². The highest BCUT2D eigenvalue weighted by molar-refractivity contribution is 5.90. The minimum absolute atomic E-state index is 0.130. The van der Waals surface area contributed by atoms with Crippen LogP contribution in [0.5, 0.6) is 0 Å². The van der Waals surface area contributed by atoms with E-state index < -0.39 is 0 Å². The van der Waals surface area contributed by atoms with Crippen LogP contribution < -0.4 is 0 Å². The summed E-state index contributed by atoms with van der Waals surface area (Å²) in [5, 5.41) is 0. The lowest BCUT2D eigenvalue weighted by molar-refractivity contribution is -0.139. The molecular weight excluding hydrogens is 176 g/mol. The van der Waals surface area contributed by atoms with E-state index in [2.05, 4.69) is 6.58 Å². The number of carbonyl (C=O) groups excluding carboxylic acids is 1. The van der Waals surface area contributed by atoms with Gasteiger partial charge in [-0.25, -0.2) is 4.79 Å². The summed E-state index contributed by atoms with van der Waals surface area (Å²) in [6, 6.07) is 8.01. The first-order valence-electron chi connectivity index (χ1n) is 4.62. The van der Waals surface area contributed by atoms with Crippen LogP contribution in [0, 0.1) is 6.92 Å². The zero-order chi connectivity index (χ0) is 10.1. The van der Waals surface area contributed by atoms with Crippen molar-refractivity contribution in [3.63, 3.8) is 0 Å². The van der Waals surface area contributed by atoms with Gasteiger partial charge in [0.25, 0.3) is 0 Å². The van der Waals surface area contributed by atoms with Gasteiger partial charge in [-0.2, -0.15) is 0 Å². The predicted molar refractivity (Wildman–Crippen MR) is 53.8 cm³/mol. The van der Waals surface area contributed by atoms with Gasteiger partial charge in [0.05, 0.1) is 0 Å². The highest BCUT2D eigenvalue weighted by Crippen LogP contribution is 2.32. The van der Waals surface area contributed by atoms with E-state index in [0.29, 0.717) is 12.0 Å². The molecule has 0 N–H and O–H groups in total. The first kappa shape index (κ1) is 9.00. The quantitative estimate of drug-likeness (QED) is 0.500.